The standard InChI is InChI=1S/C10H7BrFNS/c1-6-13-10(5-14-6)8-4-7(11)2-3-9(8)12/h2-5H,1H3. The minimum absolute atomic E-state index is 0.237. The van der Waals surface area contributed by atoms with Crippen LogP contribution in [0, 0.1) is 12.7 Å². The monoisotopic (exact) mass is 271 g/mol. The smallest absolute Gasteiger partial charge is 0.132 e. The molecule has 0 aliphatic carbocycles. The lowest BCUT2D eigenvalue weighted by molar-refractivity contribution is 0.630. The van der Waals surface area contributed by atoms with Crippen molar-refractivity contribution < 1.29 is 4.39 Å². The number of aromatic nitrogens is 1. The third-order valence-electron chi connectivity index (χ3n) is 1.82. The van der Waals surface area contributed by atoms with E-state index in [0.717, 1.165) is 9.48 Å². The van der Waals surface area contributed by atoms with Crippen LogP contribution < -0.4 is 0 Å². The molecule has 0 aliphatic heterocycles. The lowest BCUT2D eigenvalue weighted by atomic mass is 10.2. The van der Waals surface area contributed by atoms with Gasteiger partial charge in [-0.25, -0.2) is 9.37 Å². The van der Waals surface area contributed by atoms with E-state index in [1.165, 1.54) is 17.4 Å². The zero-order chi connectivity index (χ0) is 10.1. The quantitative estimate of drug-likeness (QED) is 0.764. The molecule has 14 heavy (non-hydrogen) atoms. The van der Waals surface area contributed by atoms with Gasteiger partial charge < -0.3 is 0 Å². The molecule has 0 unspecified atom stereocenters. The Morgan fingerprint density at radius 3 is 2.86 bits per heavy atom. The van der Waals surface area contributed by atoms with Gasteiger partial charge in [-0.05, 0) is 25.1 Å². The summed E-state index contributed by atoms with van der Waals surface area (Å²) in [4.78, 5) is 4.24. The highest BCUT2D eigenvalue weighted by Crippen LogP contribution is 2.26. The van der Waals surface area contributed by atoms with Crippen molar-refractivity contribution in [1.82, 2.24) is 4.98 Å². The van der Waals surface area contributed by atoms with E-state index in [0.29, 0.717) is 11.3 Å². The van der Waals surface area contributed by atoms with Gasteiger partial charge in [0.25, 0.3) is 0 Å². The number of hydrogen-bond acceptors (Lipinski definition) is 2. The summed E-state index contributed by atoms with van der Waals surface area (Å²) in [6, 6.07) is 4.86. The van der Waals surface area contributed by atoms with Gasteiger partial charge in [-0.2, -0.15) is 0 Å². The lowest BCUT2D eigenvalue weighted by Gasteiger charge is -1.99. The van der Waals surface area contributed by atoms with Gasteiger partial charge in [-0.1, -0.05) is 15.9 Å². The first-order chi connectivity index (χ1) is 6.66. The normalized spacial score (nSPS) is 10.5. The van der Waals surface area contributed by atoms with E-state index in [9.17, 15) is 4.39 Å². The van der Waals surface area contributed by atoms with Crippen LogP contribution in [0.4, 0.5) is 4.39 Å². The van der Waals surface area contributed by atoms with E-state index in [-0.39, 0.29) is 5.82 Å². The van der Waals surface area contributed by atoms with Crippen molar-refractivity contribution in [2.75, 3.05) is 0 Å². The molecule has 1 heterocycles. The van der Waals surface area contributed by atoms with Gasteiger partial charge >= 0.3 is 0 Å². The maximum atomic E-state index is 13.4. The molecular formula is C10H7BrFNS. The molecule has 1 aromatic carbocycles. The van der Waals surface area contributed by atoms with Crippen molar-refractivity contribution in [2.45, 2.75) is 6.92 Å². The Balaban J connectivity index is 2.55. The van der Waals surface area contributed by atoms with E-state index in [4.69, 9.17) is 0 Å². The Hall–Kier alpha value is -0.740. The number of rotatable bonds is 1. The highest BCUT2D eigenvalue weighted by Gasteiger charge is 2.08. The fourth-order valence-corrected chi connectivity index (χ4v) is 2.15. The summed E-state index contributed by atoms with van der Waals surface area (Å²) < 4.78 is 14.3. The molecule has 0 saturated heterocycles. The predicted molar refractivity (Wildman–Crippen MR) is 59.9 cm³/mol. The molecule has 4 heteroatoms. The summed E-state index contributed by atoms with van der Waals surface area (Å²) in [6.07, 6.45) is 0. The average molecular weight is 272 g/mol. The third-order valence-corrected chi connectivity index (χ3v) is 3.09. The second kappa shape index (κ2) is 3.79. The van der Waals surface area contributed by atoms with E-state index >= 15 is 0 Å². The Morgan fingerprint density at radius 1 is 1.43 bits per heavy atom. The van der Waals surface area contributed by atoms with Gasteiger partial charge in [-0.15, -0.1) is 11.3 Å². The molecule has 72 valence electrons. The molecule has 1 nitrogen and oxygen atoms in total. The molecule has 1 aromatic heterocycles. The van der Waals surface area contributed by atoms with Crippen molar-refractivity contribution in [1.29, 1.82) is 0 Å². The summed E-state index contributed by atoms with van der Waals surface area (Å²) in [5, 5.41) is 2.81. The van der Waals surface area contributed by atoms with Gasteiger partial charge in [0.2, 0.25) is 0 Å². The van der Waals surface area contributed by atoms with Crippen molar-refractivity contribution in [3.63, 3.8) is 0 Å². The zero-order valence-electron chi connectivity index (χ0n) is 7.42. The highest BCUT2D eigenvalue weighted by atomic mass is 79.9. The van der Waals surface area contributed by atoms with Gasteiger partial charge in [-0.3, -0.25) is 0 Å². The Labute approximate surface area is 93.7 Å². The molecule has 0 fully saturated rings. The van der Waals surface area contributed by atoms with Crippen molar-refractivity contribution in [3.8, 4) is 11.3 Å². The molecule has 0 aliphatic rings. The fraction of sp³-hybridized carbons (Fsp3) is 0.100. The van der Waals surface area contributed by atoms with Gasteiger partial charge in [0, 0.05) is 15.4 Å². The first kappa shape index (κ1) is 9.80. The van der Waals surface area contributed by atoms with Crippen LogP contribution in [0.3, 0.4) is 0 Å². The molecule has 0 atom stereocenters. The summed E-state index contributed by atoms with van der Waals surface area (Å²) in [6.45, 7) is 1.91. The summed E-state index contributed by atoms with van der Waals surface area (Å²) >= 11 is 4.83. The SMILES string of the molecule is Cc1nc(-c2cc(Br)ccc2F)cs1. The van der Waals surface area contributed by atoms with E-state index in [1.54, 1.807) is 12.1 Å². The van der Waals surface area contributed by atoms with Crippen LogP contribution >= 0.6 is 27.3 Å². The Morgan fingerprint density at radius 2 is 2.21 bits per heavy atom. The largest absolute Gasteiger partial charge is 0.241 e. The fourth-order valence-electron chi connectivity index (χ4n) is 1.18. The molecule has 0 radical (unpaired) electrons. The second-order valence-corrected chi connectivity index (χ2v) is 4.85. The van der Waals surface area contributed by atoms with Gasteiger partial charge in [0.1, 0.15) is 5.82 Å². The molecule has 0 amide bonds. The summed E-state index contributed by atoms with van der Waals surface area (Å²) in [7, 11) is 0. The predicted octanol–water partition coefficient (Wildman–Crippen LogP) is 4.02. The van der Waals surface area contributed by atoms with Crippen LogP contribution in [-0.2, 0) is 0 Å². The molecule has 0 saturated carbocycles. The van der Waals surface area contributed by atoms with Gasteiger partial charge in [0.05, 0.1) is 10.7 Å². The number of halogens is 2. The van der Waals surface area contributed by atoms with E-state index < -0.39 is 0 Å². The zero-order valence-corrected chi connectivity index (χ0v) is 9.82. The molecule has 0 N–H and O–H groups in total. The highest BCUT2D eigenvalue weighted by molar-refractivity contribution is 9.10. The van der Waals surface area contributed by atoms with Gasteiger partial charge in [0.15, 0.2) is 0 Å². The number of nitrogens with zero attached hydrogens (tertiary/aromatic N) is 1. The number of hydrogen-bond donors (Lipinski definition) is 0. The van der Waals surface area contributed by atoms with E-state index in [2.05, 4.69) is 20.9 Å². The Kier molecular flexibility index (Phi) is 2.65. The minimum Gasteiger partial charge on any atom is -0.241 e. The van der Waals surface area contributed by atoms with Crippen LogP contribution in [0.25, 0.3) is 11.3 Å². The van der Waals surface area contributed by atoms with Crippen molar-refractivity contribution in [3.05, 3.63) is 38.9 Å². The minimum atomic E-state index is -0.237. The van der Waals surface area contributed by atoms with E-state index in [1.807, 2.05) is 12.3 Å². The Bertz CT molecular complexity index is 467. The second-order valence-electron chi connectivity index (χ2n) is 2.88. The first-order valence-corrected chi connectivity index (χ1v) is 5.71. The molecule has 0 bridgehead atoms. The van der Waals surface area contributed by atoms with Crippen LogP contribution in [0.5, 0.6) is 0 Å². The topological polar surface area (TPSA) is 12.9 Å². The summed E-state index contributed by atoms with van der Waals surface area (Å²) in [5.41, 5.74) is 1.25. The molecular weight excluding hydrogens is 265 g/mol. The maximum Gasteiger partial charge on any atom is 0.132 e. The first-order valence-electron chi connectivity index (χ1n) is 4.04. The van der Waals surface area contributed by atoms with Crippen LogP contribution in [0.1, 0.15) is 5.01 Å². The van der Waals surface area contributed by atoms with Crippen LogP contribution in [-0.4, -0.2) is 4.98 Å². The maximum absolute atomic E-state index is 13.4. The van der Waals surface area contributed by atoms with Crippen LogP contribution in [0.2, 0.25) is 0 Å². The number of thiazole rings is 1. The van der Waals surface area contributed by atoms with Crippen molar-refractivity contribution >= 4 is 27.3 Å². The molecule has 0 spiro atoms. The average Bonchev–Trinajstić information content (AvgIpc) is 2.56. The summed E-state index contributed by atoms with van der Waals surface area (Å²) in [5.74, 6) is -0.237. The van der Waals surface area contributed by atoms with Crippen LogP contribution in [0.15, 0.2) is 28.1 Å². The number of benzene rings is 1. The van der Waals surface area contributed by atoms with Crippen molar-refractivity contribution in [2.24, 2.45) is 0 Å². The molecule has 2 aromatic rings. The lowest BCUT2D eigenvalue weighted by Crippen LogP contribution is -1.84. The third kappa shape index (κ3) is 1.86. The number of aryl methyl sites for hydroxylation is 1. The molecule has 2 rings (SSSR count).